The first kappa shape index (κ1) is 8.50. The van der Waals surface area contributed by atoms with Crippen LogP contribution in [-0.2, 0) is 0 Å². The summed E-state index contributed by atoms with van der Waals surface area (Å²) >= 11 is 0. The minimum atomic E-state index is 0.686. The fourth-order valence-corrected chi connectivity index (χ4v) is 3.21. The van der Waals surface area contributed by atoms with E-state index in [-0.39, 0.29) is 0 Å². The van der Waals surface area contributed by atoms with Gasteiger partial charge in [-0.3, -0.25) is 0 Å². The smallest absolute Gasteiger partial charge is 0.182 e. The van der Waals surface area contributed by atoms with Crippen LogP contribution in [0, 0.1) is 0 Å². The maximum Gasteiger partial charge on any atom is 0.182 e. The zero-order valence-corrected chi connectivity index (χ0v) is 8.93. The van der Waals surface area contributed by atoms with Crippen molar-refractivity contribution in [3.63, 3.8) is 0 Å². The van der Waals surface area contributed by atoms with Crippen LogP contribution < -0.4 is 4.90 Å². The van der Waals surface area contributed by atoms with Gasteiger partial charge in [-0.05, 0) is 25.7 Å². The number of aromatic nitrogens is 4. The topological polar surface area (TPSA) is 57.7 Å². The average Bonchev–Trinajstić information content (AvgIpc) is 3.03. The van der Waals surface area contributed by atoms with Gasteiger partial charge in [0, 0.05) is 12.1 Å². The Hall–Kier alpha value is -1.65. The molecule has 0 aromatic carbocycles. The van der Waals surface area contributed by atoms with E-state index < -0.39 is 0 Å². The third-order valence-corrected chi connectivity index (χ3v) is 3.90. The Morgan fingerprint density at radius 1 is 1.06 bits per heavy atom. The van der Waals surface area contributed by atoms with E-state index in [4.69, 9.17) is 0 Å². The van der Waals surface area contributed by atoms with Crippen LogP contribution in [0.1, 0.15) is 25.7 Å². The first-order chi connectivity index (χ1) is 7.93. The third kappa shape index (κ3) is 0.977. The first-order valence-corrected chi connectivity index (χ1v) is 5.86. The molecule has 0 saturated carbocycles. The molecule has 5 heteroatoms. The van der Waals surface area contributed by atoms with Gasteiger partial charge in [0.15, 0.2) is 11.5 Å². The van der Waals surface area contributed by atoms with Gasteiger partial charge in [-0.1, -0.05) is 0 Å². The maximum atomic E-state index is 4.45. The molecular weight excluding hydrogens is 202 g/mol. The van der Waals surface area contributed by atoms with E-state index in [0.29, 0.717) is 12.1 Å². The van der Waals surface area contributed by atoms with E-state index in [2.05, 4.69) is 24.8 Å². The lowest BCUT2D eigenvalue weighted by molar-refractivity contribution is 0.576. The largest absolute Gasteiger partial charge is 0.349 e. The zero-order chi connectivity index (χ0) is 10.5. The van der Waals surface area contributed by atoms with Crippen LogP contribution in [-0.4, -0.2) is 32.0 Å². The van der Waals surface area contributed by atoms with E-state index in [1.807, 2.05) is 0 Å². The number of aromatic amines is 1. The molecule has 4 rings (SSSR count). The number of hydrogen-bond acceptors (Lipinski definition) is 4. The molecule has 5 nitrogen and oxygen atoms in total. The fraction of sp³-hybridized carbons (Fsp3) is 0.545. The number of imidazole rings is 1. The van der Waals surface area contributed by atoms with E-state index in [1.54, 1.807) is 12.7 Å². The lowest BCUT2D eigenvalue weighted by atomic mass is 10.0. The predicted octanol–water partition coefficient (Wildman–Crippen LogP) is 1.48. The van der Waals surface area contributed by atoms with Crippen molar-refractivity contribution in [1.82, 2.24) is 19.9 Å². The Labute approximate surface area is 92.9 Å². The monoisotopic (exact) mass is 215 g/mol. The second-order valence-corrected chi connectivity index (χ2v) is 4.67. The van der Waals surface area contributed by atoms with E-state index in [9.17, 15) is 0 Å². The van der Waals surface area contributed by atoms with Gasteiger partial charge in [0.25, 0.3) is 0 Å². The molecule has 2 aliphatic heterocycles. The summed E-state index contributed by atoms with van der Waals surface area (Å²) in [5, 5.41) is 0. The van der Waals surface area contributed by atoms with Crippen molar-refractivity contribution >= 4 is 17.0 Å². The Morgan fingerprint density at radius 2 is 1.81 bits per heavy atom. The number of nitrogens with zero attached hydrogens (tertiary/aromatic N) is 4. The first-order valence-electron chi connectivity index (χ1n) is 5.86. The summed E-state index contributed by atoms with van der Waals surface area (Å²) in [4.78, 5) is 18.4. The fourth-order valence-electron chi connectivity index (χ4n) is 3.21. The number of hydrogen-bond donors (Lipinski definition) is 1. The van der Waals surface area contributed by atoms with Gasteiger partial charge in [-0.25, -0.2) is 15.0 Å². The van der Waals surface area contributed by atoms with Crippen LogP contribution in [0.4, 0.5) is 5.82 Å². The Bertz CT molecular complexity index is 514. The summed E-state index contributed by atoms with van der Waals surface area (Å²) in [6, 6.07) is 1.37. The quantitative estimate of drug-likeness (QED) is 0.783. The predicted molar refractivity (Wildman–Crippen MR) is 60.2 cm³/mol. The Kier molecular flexibility index (Phi) is 1.56. The summed E-state index contributed by atoms with van der Waals surface area (Å²) in [5.74, 6) is 1.05. The molecule has 0 spiro atoms. The van der Waals surface area contributed by atoms with Gasteiger partial charge in [0.2, 0.25) is 0 Å². The molecule has 0 atom stereocenters. The summed E-state index contributed by atoms with van der Waals surface area (Å²) in [6.07, 6.45) is 8.56. The van der Waals surface area contributed by atoms with Crippen LogP contribution >= 0.6 is 0 Å². The molecule has 16 heavy (non-hydrogen) atoms. The average molecular weight is 215 g/mol. The SMILES string of the molecule is c1nc(N2C3CCC2CC3)c2[nH]cnc2n1. The molecule has 0 radical (unpaired) electrons. The molecule has 2 bridgehead atoms. The van der Waals surface area contributed by atoms with Gasteiger partial charge in [0.1, 0.15) is 11.8 Å². The molecule has 4 heterocycles. The summed E-state index contributed by atoms with van der Waals surface area (Å²) < 4.78 is 0. The van der Waals surface area contributed by atoms with Crippen LogP contribution in [0.3, 0.4) is 0 Å². The maximum absolute atomic E-state index is 4.45. The second kappa shape index (κ2) is 2.93. The molecule has 2 aromatic heterocycles. The molecule has 2 fully saturated rings. The van der Waals surface area contributed by atoms with Crippen LogP contribution in [0.5, 0.6) is 0 Å². The lowest BCUT2D eigenvalue weighted by Gasteiger charge is -2.23. The van der Waals surface area contributed by atoms with Crippen LogP contribution in [0.15, 0.2) is 12.7 Å². The van der Waals surface area contributed by atoms with Gasteiger partial charge < -0.3 is 9.88 Å². The summed E-state index contributed by atoms with van der Waals surface area (Å²) in [6.45, 7) is 0. The minimum Gasteiger partial charge on any atom is -0.349 e. The van der Waals surface area contributed by atoms with Crippen molar-refractivity contribution in [2.75, 3.05) is 4.90 Å². The molecule has 0 amide bonds. The normalized spacial score (nSPS) is 28.1. The van der Waals surface area contributed by atoms with Crippen molar-refractivity contribution in [1.29, 1.82) is 0 Å². The number of fused-ring (bicyclic) bond motifs is 3. The van der Waals surface area contributed by atoms with Gasteiger partial charge in [-0.15, -0.1) is 0 Å². The molecule has 2 aromatic rings. The number of H-pyrrole nitrogens is 1. The van der Waals surface area contributed by atoms with Crippen LogP contribution in [0.25, 0.3) is 11.2 Å². The highest BCUT2D eigenvalue weighted by Crippen LogP contribution is 2.41. The number of nitrogens with one attached hydrogen (secondary N) is 1. The van der Waals surface area contributed by atoms with Crippen molar-refractivity contribution in [2.45, 2.75) is 37.8 Å². The molecular formula is C11H13N5. The molecule has 82 valence electrons. The van der Waals surface area contributed by atoms with E-state index >= 15 is 0 Å². The second-order valence-electron chi connectivity index (χ2n) is 4.67. The minimum absolute atomic E-state index is 0.686. The Balaban J connectivity index is 1.90. The summed E-state index contributed by atoms with van der Waals surface area (Å²) in [7, 11) is 0. The van der Waals surface area contributed by atoms with E-state index in [1.165, 1.54) is 25.7 Å². The molecule has 1 N–H and O–H groups in total. The highest BCUT2D eigenvalue weighted by molar-refractivity contribution is 5.83. The van der Waals surface area contributed by atoms with Crippen molar-refractivity contribution in [3.8, 4) is 0 Å². The lowest BCUT2D eigenvalue weighted by Crippen LogP contribution is -2.29. The van der Waals surface area contributed by atoms with Gasteiger partial charge >= 0.3 is 0 Å². The Morgan fingerprint density at radius 3 is 2.56 bits per heavy atom. The van der Waals surface area contributed by atoms with Crippen LogP contribution in [0.2, 0.25) is 0 Å². The standard InChI is InChI=1S/C11H13N5/c1-2-8-4-3-7(1)16(8)11-9-10(13-5-12-9)14-6-15-11/h5-8H,1-4H2,(H,12,13,14,15). The van der Waals surface area contributed by atoms with Crippen molar-refractivity contribution in [3.05, 3.63) is 12.7 Å². The van der Waals surface area contributed by atoms with Gasteiger partial charge in [-0.2, -0.15) is 0 Å². The van der Waals surface area contributed by atoms with Crippen molar-refractivity contribution in [2.24, 2.45) is 0 Å². The number of rotatable bonds is 1. The molecule has 0 aliphatic carbocycles. The van der Waals surface area contributed by atoms with Crippen molar-refractivity contribution < 1.29 is 0 Å². The molecule has 2 aliphatic rings. The molecule has 2 saturated heterocycles. The highest BCUT2D eigenvalue weighted by atomic mass is 15.3. The summed E-state index contributed by atoms with van der Waals surface area (Å²) in [5.41, 5.74) is 1.76. The van der Waals surface area contributed by atoms with Gasteiger partial charge in [0.05, 0.1) is 6.33 Å². The third-order valence-electron chi connectivity index (χ3n) is 3.90. The van der Waals surface area contributed by atoms with E-state index in [0.717, 1.165) is 17.0 Å². The highest BCUT2D eigenvalue weighted by Gasteiger charge is 2.40. The number of anilines is 1. The zero-order valence-electron chi connectivity index (χ0n) is 8.93. The molecule has 0 unspecified atom stereocenters.